The molecule has 1 atom stereocenters. The van der Waals surface area contributed by atoms with Crippen LogP contribution in [0.1, 0.15) is 51.9 Å². The number of esters is 1. The van der Waals surface area contributed by atoms with Crippen molar-refractivity contribution in [1.82, 2.24) is 0 Å². The van der Waals surface area contributed by atoms with Gasteiger partial charge in [0.1, 0.15) is 0 Å². The van der Waals surface area contributed by atoms with Crippen molar-refractivity contribution in [3.05, 3.63) is 0 Å². The van der Waals surface area contributed by atoms with Crippen molar-refractivity contribution < 1.29 is 19.0 Å². The van der Waals surface area contributed by atoms with Gasteiger partial charge in [0.25, 0.3) is 0 Å². The SMILES string of the molecule is CCCCCOC(=O)CCCOC1CCCO1. The number of ether oxygens (including phenoxy) is 3. The summed E-state index contributed by atoms with van der Waals surface area (Å²) in [6, 6.07) is 0. The van der Waals surface area contributed by atoms with Crippen LogP contribution in [0.2, 0.25) is 0 Å². The highest BCUT2D eigenvalue weighted by molar-refractivity contribution is 5.69. The first-order valence-corrected chi connectivity index (χ1v) is 6.71. The van der Waals surface area contributed by atoms with E-state index in [2.05, 4.69) is 6.92 Å². The Bertz CT molecular complexity index is 200. The largest absolute Gasteiger partial charge is 0.466 e. The summed E-state index contributed by atoms with van der Waals surface area (Å²) < 4.78 is 15.9. The zero-order chi connectivity index (χ0) is 12.3. The molecule has 0 N–H and O–H groups in total. The third-order valence-electron chi connectivity index (χ3n) is 2.73. The van der Waals surface area contributed by atoms with Crippen molar-refractivity contribution in [3.8, 4) is 0 Å². The molecule has 0 aromatic carbocycles. The van der Waals surface area contributed by atoms with Crippen molar-refractivity contribution in [2.75, 3.05) is 19.8 Å². The van der Waals surface area contributed by atoms with Crippen LogP contribution in [0, 0.1) is 0 Å². The normalized spacial score (nSPS) is 19.5. The van der Waals surface area contributed by atoms with Gasteiger partial charge in [-0.2, -0.15) is 0 Å². The quantitative estimate of drug-likeness (QED) is 0.462. The lowest BCUT2D eigenvalue weighted by molar-refractivity contribution is -0.145. The molecule has 1 aliphatic heterocycles. The van der Waals surface area contributed by atoms with Crippen LogP contribution in [0.3, 0.4) is 0 Å². The number of carbonyl (C=O) groups is 1. The summed E-state index contributed by atoms with van der Waals surface area (Å²) in [4.78, 5) is 11.3. The van der Waals surface area contributed by atoms with E-state index in [-0.39, 0.29) is 12.3 Å². The highest BCUT2D eigenvalue weighted by Crippen LogP contribution is 2.13. The van der Waals surface area contributed by atoms with Gasteiger partial charge in [0.05, 0.1) is 13.2 Å². The second-order valence-electron chi connectivity index (χ2n) is 4.34. The molecule has 17 heavy (non-hydrogen) atoms. The van der Waals surface area contributed by atoms with Crippen LogP contribution in [-0.2, 0) is 19.0 Å². The van der Waals surface area contributed by atoms with Crippen molar-refractivity contribution in [3.63, 3.8) is 0 Å². The van der Waals surface area contributed by atoms with Crippen LogP contribution in [-0.4, -0.2) is 32.1 Å². The second kappa shape index (κ2) is 9.42. The first-order chi connectivity index (χ1) is 8.33. The van der Waals surface area contributed by atoms with Gasteiger partial charge in [-0.15, -0.1) is 0 Å². The van der Waals surface area contributed by atoms with Crippen LogP contribution in [0.25, 0.3) is 0 Å². The van der Waals surface area contributed by atoms with E-state index in [0.717, 1.165) is 38.7 Å². The third kappa shape index (κ3) is 7.34. The fourth-order valence-corrected chi connectivity index (χ4v) is 1.72. The molecule has 1 rings (SSSR count). The second-order valence-corrected chi connectivity index (χ2v) is 4.34. The van der Waals surface area contributed by atoms with Gasteiger partial charge in [0, 0.05) is 19.4 Å². The summed E-state index contributed by atoms with van der Waals surface area (Å²) in [7, 11) is 0. The van der Waals surface area contributed by atoms with Crippen molar-refractivity contribution in [1.29, 1.82) is 0 Å². The molecular weight excluding hydrogens is 220 g/mol. The summed E-state index contributed by atoms with van der Waals surface area (Å²) >= 11 is 0. The zero-order valence-electron chi connectivity index (χ0n) is 10.8. The number of rotatable bonds is 9. The topological polar surface area (TPSA) is 44.8 Å². The van der Waals surface area contributed by atoms with E-state index < -0.39 is 0 Å². The Morgan fingerprint density at radius 2 is 2.18 bits per heavy atom. The Kier molecular flexibility index (Phi) is 8.01. The molecule has 100 valence electrons. The average molecular weight is 244 g/mol. The standard InChI is InChI=1S/C13H24O4/c1-2-3-4-9-15-12(14)7-5-10-16-13-8-6-11-17-13/h13H,2-11H2,1H3. The maximum Gasteiger partial charge on any atom is 0.305 e. The minimum atomic E-state index is -0.114. The Balaban J connectivity index is 1.85. The van der Waals surface area contributed by atoms with Gasteiger partial charge in [-0.3, -0.25) is 4.79 Å². The summed E-state index contributed by atoms with van der Waals surface area (Å²) in [5, 5.41) is 0. The van der Waals surface area contributed by atoms with Crippen molar-refractivity contribution in [2.45, 2.75) is 58.2 Å². The van der Waals surface area contributed by atoms with Crippen LogP contribution in [0.4, 0.5) is 0 Å². The first-order valence-electron chi connectivity index (χ1n) is 6.71. The Hall–Kier alpha value is -0.610. The van der Waals surface area contributed by atoms with Gasteiger partial charge < -0.3 is 14.2 Å². The summed E-state index contributed by atoms with van der Waals surface area (Å²) in [5.74, 6) is -0.114. The molecule has 1 fully saturated rings. The highest BCUT2D eigenvalue weighted by atomic mass is 16.7. The van der Waals surface area contributed by atoms with Crippen LogP contribution in [0.15, 0.2) is 0 Å². The van der Waals surface area contributed by atoms with Gasteiger partial charge in [0.2, 0.25) is 0 Å². The maximum atomic E-state index is 11.3. The van der Waals surface area contributed by atoms with E-state index in [4.69, 9.17) is 14.2 Å². The van der Waals surface area contributed by atoms with E-state index in [1.165, 1.54) is 0 Å². The molecule has 0 aromatic heterocycles. The molecule has 1 saturated heterocycles. The number of unbranched alkanes of at least 4 members (excludes halogenated alkanes) is 2. The van der Waals surface area contributed by atoms with E-state index in [1.54, 1.807) is 0 Å². The van der Waals surface area contributed by atoms with Gasteiger partial charge in [-0.25, -0.2) is 0 Å². The predicted molar refractivity (Wildman–Crippen MR) is 64.6 cm³/mol. The molecule has 4 heteroatoms. The van der Waals surface area contributed by atoms with Crippen LogP contribution < -0.4 is 0 Å². The summed E-state index contributed by atoms with van der Waals surface area (Å²) in [5.41, 5.74) is 0. The predicted octanol–water partition coefficient (Wildman–Crippen LogP) is 2.65. The van der Waals surface area contributed by atoms with E-state index in [0.29, 0.717) is 26.1 Å². The molecule has 0 aliphatic carbocycles. The third-order valence-corrected chi connectivity index (χ3v) is 2.73. The first kappa shape index (κ1) is 14.5. The molecule has 0 amide bonds. The molecule has 0 aromatic rings. The minimum absolute atomic E-state index is 0.0458. The lowest BCUT2D eigenvalue weighted by Crippen LogP contribution is -2.13. The van der Waals surface area contributed by atoms with E-state index in [1.807, 2.05) is 0 Å². The lowest BCUT2D eigenvalue weighted by Gasteiger charge is -2.10. The van der Waals surface area contributed by atoms with E-state index >= 15 is 0 Å². The Morgan fingerprint density at radius 1 is 1.29 bits per heavy atom. The van der Waals surface area contributed by atoms with Gasteiger partial charge in [0.15, 0.2) is 6.29 Å². The molecule has 0 spiro atoms. The molecule has 0 bridgehead atoms. The minimum Gasteiger partial charge on any atom is -0.466 e. The van der Waals surface area contributed by atoms with Crippen molar-refractivity contribution >= 4 is 5.97 Å². The average Bonchev–Trinajstić information content (AvgIpc) is 2.83. The number of hydrogen-bond acceptors (Lipinski definition) is 4. The maximum absolute atomic E-state index is 11.3. The number of carbonyl (C=O) groups excluding carboxylic acids is 1. The molecule has 0 radical (unpaired) electrons. The number of hydrogen-bond donors (Lipinski definition) is 0. The monoisotopic (exact) mass is 244 g/mol. The molecule has 1 heterocycles. The fourth-order valence-electron chi connectivity index (χ4n) is 1.72. The molecule has 0 saturated carbocycles. The molecule has 4 nitrogen and oxygen atoms in total. The Labute approximate surface area is 104 Å². The smallest absolute Gasteiger partial charge is 0.305 e. The zero-order valence-corrected chi connectivity index (χ0v) is 10.8. The highest BCUT2D eigenvalue weighted by Gasteiger charge is 2.15. The Morgan fingerprint density at radius 3 is 2.88 bits per heavy atom. The van der Waals surface area contributed by atoms with Gasteiger partial charge >= 0.3 is 5.97 Å². The summed E-state index contributed by atoms with van der Waals surface area (Å²) in [6.45, 7) is 4.06. The van der Waals surface area contributed by atoms with Crippen molar-refractivity contribution in [2.24, 2.45) is 0 Å². The molecular formula is C13H24O4. The molecule has 1 unspecified atom stereocenters. The lowest BCUT2D eigenvalue weighted by atomic mass is 10.3. The summed E-state index contributed by atoms with van der Waals surface area (Å²) in [6.07, 6.45) is 6.39. The van der Waals surface area contributed by atoms with Gasteiger partial charge in [-0.1, -0.05) is 19.8 Å². The molecule has 1 aliphatic rings. The van der Waals surface area contributed by atoms with Gasteiger partial charge in [-0.05, 0) is 19.3 Å². The fraction of sp³-hybridized carbons (Fsp3) is 0.923. The van der Waals surface area contributed by atoms with Crippen LogP contribution >= 0.6 is 0 Å². The van der Waals surface area contributed by atoms with E-state index in [9.17, 15) is 4.79 Å². The van der Waals surface area contributed by atoms with Crippen LogP contribution in [0.5, 0.6) is 0 Å².